The van der Waals surface area contributed by atoms with Crippen molar-refractivity contribution >= 4 is 10.0 Å². The Bertz CT molecular complexity index is 580. The lowest BCUT2D eigenvalue weighted by molar-refractivity contribution is 0.452. The van der Waals surface area contributed by atoms with Crippen LogP contribution in [0.15, 0.2) is 41.3 Å². The van der Waals surface area contributed by atoms with Gasteiger partial charge in [0.25, 0.3) is 0 Å². The summed E-state index contributed by atoms with van der Waals surface area (Å²) >= 11 is 0. The molecule has 0 spiro atoms. The molecular weight excluding hydrogens is 284 g/mol. The van der Waals surface area contributed by atoms with Gasteiger partial charge in [0.2, 0.25) is 10.0 Å². The third-order valence-electron chi connectivity index (χ3n) is 3.05. The number of rotatable bonds is 8. The summed E-state index contributed by atoms with van der Waals surface area (Å²) in [7, 11) is -3.46. The molecule has 0 amide bonds. The lowest BCUT2D eigenvalue weighted by atomic mass is 10.2. The first kappa shape index (κ1) is 17.9. The molecule has 5 heteroatoms. The van der Waals surface area contributed by atoms with Crippen molar-refractivity contribution in [3.8, 4) is 0 Å². The minimum atomic E-state index is -3.46. The van der Waals surface area contributed by atoms with Crippen LogP contribution in [-0.2, 0) is 16.6 Å². The van der Waals surface area contributed by atoms with Gasteiger partial charge in [0.1, 0.15) is 0 Å². The standard InChI is InChI=1S/C16H26N2O2S/c1-6-18(12-13(2)3)21(19,20)16-9-7-8-15(10-16)11-17-14(4)5/h7-10,14,17H,2,6,11-12H2,1,3-5H3. The number of nitrogens with one attached hydrogen (secondary N) is 1. The summed E-state index contributed by atoms with van der Waals surface area (Å²) in [6.07, 6.45) is 0. The van der Waals surface area contributed by atoms with Crippen LogP contribution in [0.25, 0.3) is 0 Å². The second-order valence-electron chi connectivity index (χ2n) is 5.57. The molecule has 4 nitrogen and oxygen atoms in total. The Morgan fingerprint density at radius 3 is 2.57 bits per heavy atom. The van der Waals surface area contributed by atoms with Crippen molar-refractivity contribution in [2.75, 3.05) is 13.1 Å². The van der Waals surface area contributed by atoms with Crippen molar-refractivity contribution in [2.45, 2.75) is 45.2 Å². The van der Waals surface area contributed by atoms with Gasteiger partial charge in [0, 0.05) is 25.7 Å². The van der Waals surface area contributed by atoms with Gasteiger partial charge < -0.3 is 5.32 Å². The highest BCUT2D eigenvalue weighted by Gasteiger charge is 2.23. The summed E-state index contributed by atoms with van der Waals surface area (Å²) in [5.74, 6) is 0. The smallest absolute Gasteiger partial charge is 0.243 e. The zero-order chi connectivity index (χ0) is 16.0. The number of hydrogen-bond acceptors (Lipinski definition) is 3. The Balaban J connectivity index is 3.02. The number of likely N-dealkylation sites (N-methyl/N-ethyl adjacent to an activating group) is 1. The van der Waals surface area contributed by atoms with Crippen LogP contribution < -0.4 is 5.32 Å². The Morgan fingerprint density at radius 1 is 1.38 bits per heavy atom. The Hall–Kier alpha value is -1.17. The fraction of sp³-hybridized carbons (Fsp3) is 0.500. The molecule has 1 rings (SSSR count). The van der Waals surface area contributed by atoms with Crippen molar-refractivity contribution in [1.82, 2.24) is 9.62 Å². The predicted molar refractivity (Wildman–Crippen MR) is 87.7 cm³/mol. The molecule has 21 heavy (non-hydrogen) atoms. The maximum absolute atomic E-state index is 12.7. The van der Waals surface area contributed by atoms with Gasteiger partial charge in [-0.25, -0.2) is 8.42 Å². The molecule has 0 aliphatic rings. The fourth-order valence-electron chi connectivity index (χ4n) is 1.95. The zero-order valence-corrected chi connectivity index (χ0v) is 14.2. The minimum Gasteiger partial charge on any atom is -0.310 e. The molecule has 1 N–H and O–H groups in total. The molecule has 0 unspecified atom stereocenters. The Morgan fingerprint density at radius 2 is 2.05 bits per heavy atom. The van der Waals surface area contributed by atoms with Crippen molar-refractivity contribution in [3.63, 3.8) is 0 Å². The van der Waals surface area contributed by atoms with Gasteiger partial charge in [-0.15, -0.1) is 0 Å². The first-order chi connectivity index (χ1) is 9.77. The van der Waals surface area contributed by atoms with E-state index in [0.717, 1.165) is 11.1 Å². The van der Waals surface area contributed by atoms with Crippen molar-refractivity contribution in [1.29, 1.82) is 0 Å². The van der Waals surface area contributed by atoms with E-state index in [-0.39, 0.29) is 0 Å². The summed E-state index contributed by atoms with van der Waals surface area (Å²) in [5.41, 5.74) is 1.80. The van der Waals surface area contributed by atoms with Gasteiger partial charge in [-0.05, 0) is 24.6 Å². The van der Waals surface area contributed by atoms with Crippen LogP contribution in [0.3, 0.4) is 0 Å². The van der Waals surface area contributed by atoms with Crippen LogP contribution in [0.5, 0.6) is 0 Å². The molecule has 0 fully saturated rings. The van der Waals surface area contributed by atoms with Crippen LogP contribution in [0.1, 0.15) is 33.3 Å². The lowest BCUT2D eigenvalue weighted by Crippen LogP contribution is -2.32. The normalized spacial score (nSPS) is 12.1. The molecule has 0 saturated heterocycles. The Kier molecular flexibility index (Phi) is 6.58. The van der Waals surface area contributed by atoms with E-state index >= 15 is 0 Å². The predicted octanol–water partition coefficient (Wildman–Crippen LogP) is 2.77. The summed E-state index contributed by atoms with van der Waals surface area (Å²) in [4.78, 5) is 0.341. The second-order valence-corrected chi connectivity index (χ2v) is 7.51. The summed E-state index contributed by atoms with van der Waals surface area (Å²) in [6, 6.07) is 7.48. The van der Waals surface area contributed by atoms with Crippen LogP contribution in [0, 0.1) is 0 Å². The van der Waals surface area contributed by atoms with E-state index in [0.29, 0.717) is 30.6 Å². The monoisotopic (exact) mass is 310 g/mol. The molecule has 118 valence electrons. The van der Waals surface area contributed by atoms with Crippen molar-refractivity contribution in [2.24, 2.45) is 0 Å². The molecule has 0 atom stereocenters. The van der Waals surface area contributed by atoms with E-state index in [1.54, 1.807) is 18.2 Å². The first-order valence-electron chi connectivity index (χ1n) is 7.24. The molecule has 0 aromatic heterocycles. The van der Waals surface area contributed by atoms with Gasteiger partial charge >= 0.3 is 0 Å². The molecular formula is C16H26N2O2S. The third kappa shape index (κ3) is 5.26. The highest BCUT2D eigenvalue weighted by Crippen LogP contribution is 2.18. The van der Waals surface area contributed by atoms with Crippen molar-refractivity contribution in [3.05, 3.63) is 42.0 Å². The maximum Gasteiger partial charge on any atom is 0.243 e. The first-order valence-corrected chi connectivity index (χ1v) is 8.68. The van der Waals surface area contributed by atoms with Crippen LogP contribution in [-0.4, -0.2) is 31.9 Å². The topological polar surface area (TPSA) is 49.4 Å². The van der Waals surface area contributed by atoms with Crippen LogP contribution in [0.4, 0.5) is 0 Å². The zero-order valence-electron chi connectivity index (χ0n) is 13.4. The quantitative estimate of drug-likeness (QED) is 0.751. The molecule has 0 aliphatic carbocycles. The molecule has 1 aromatic carbocycles. The van der Waals surface area contributed by atoms with Crippen LogP contribution in [0.2, 0.25) is 0 Å². The summed E-state index contributed by atoms with van der Waals surface area (Å²) < 4.78 is 26.8. The average Bonchev–Trinajstić information content (AvgIpc) is 2.42. The number of benzene rings is 1. The molecule has 0 saturated carbocycles. The SMILES string of the molecule is C=C(C)CN(CC)S(=O)(=O)c1cccc(CNC(C)C)c1. The molecule has 0 radical (unpaired) electrons. The van der Waals surface area contributed by atoms with E-state index in [4.69, 9.17) is 0 Å². The van der Waals surface area contributed by atoms with Crippen LogP contribution >= 0.6 is 0 Å². The van der Waals surface area contributed by atoms with E-state index in [2.05, 4.69) is 25.7 Å². The fourth-order valence-corrected chi connectivity index (χ4v) is 3.53. The average molecular weight is 310 g/mol. The highest BCUT2D eigenvalue weighted by molar-refractivity contribution is 7.89. The van der Waals surface area contributed by atoms with E-state index in [1.165, 1.54) is 4.31 Å². The second kappa shape index (κ2) is 7.73. The molecule has 0 aliphatic heterocycles. The van der Waals surface area contributed by atoms with Gasteiger partial charge in [0.15, 0.2) is 0 Å². The number of nitrogens with zero attached hydrogens (tertiary/aromatic N) is 1. The van der Waals surface area contributed by atoms with E-state index < -0.39 is 10.0 Å². The summed E-state index contributed by atoms with van der Waals surface area (Å²) in [6.45, 7) is 13.0. The third-order valence-corrected chi connectivity index (χ3v) is 4.97. The van der Waals surface area contributed by atoms with Gasteiger partial charge in [0.05, 0.1) is 4.90 Å². The number of sulfonamides is 1. The highest BCUT2D eigenvalue weighted by atomic mass is 32.2. The van der Waals surface area contributed by atoms with Gasteiger partial charge in [-0.3, -0.25) is 0 Å². The maximum atomic E-state index is 12.7. The van der Waals surface area contributed by atoms with E-state index in [9.17, 15) is 8.42 Å². The molecule has 0 heterocycles. The van der Waals surface area contributed by atoms with E-state index in [1.807, 2.05) is 19.9 Å². The van der Waals surface area contributed by atoms with Gasteiger partial charge in [-0.1, -0.05) is 45.1 Å². The lowest BCUT2D eigenvalue weighted by Gasteiger charge is -2.21. The summed E-state index contributed by atoms with van der Waals surface area (Å²) in [5, 5.41) is 3.29. The molecule has 1 aromatic rings. The Labute approximate surface area is 128 Å². The minimum absolute atomic E-state index is 0.341. The number of hydrogen-bond donors (Lipinski definition) is 1. The molecule has 0 bridgehead atoms. The largest absolute Gasteiger partial charge is 0.310 e. The van der Waals surface area contributed by atoms with Gasteiger partial charge in [-0.2, -0.15) is 4.31 Å². The van der Waals surface area contributed by atoms with Crippen molar-refractivity contribution < 1.29 is 8.42 Å².